The van der Waals surface area contributed by atoms with Gasteiger partial charge >= 0.3 is 13.4 Å². The smallest absolute Gasteiger partial charge is 0.387 e. The predicted octanol–water partition coefficient (Wildman–Crippen LogP) is -1.27. The summed E-state index contributed by atoms with van der Waals surface area (Å²) in [7, 11) is -4.12. The normalized spacial score (nSPS) is 27.7. The molecule has 198 valence electrons. The van der Waals surface area contributed by atoms with Crippen molar-refractivity contribution >= 4 is 36.5 Å². The van der Waals surface area contributed by atoms with E-state index in [2.05, 4.69) is 30.7 Å². The van der Waals surface area contributed by atoms with Gasteiger partial charge in [0.1, 0.15) is 30.2 Å². The quantitative estimate of drug-likeness (QED) is 0.209. The first-order valence-corrected chi connectivity index (χ1v) is 12.9. The molecule has 1 unspecified atom stereocenters. The third-order valence-corrected chi connectivity index (χ3v) is 7.31. The maximum absolute atomic E-state index is 13.1. The summed E-state index contributed by atoms with van der Waals surface area (Å²) in [5, 5.41) is 28.9. The molecular weight excluding hydrogens is 501 g/mol. The lowest BCUT2D eigenvalue weighted by atomic mass is 10.1. The highest BCUT2D eigenvalue weighted by atomic mass is 31.2. The average molecular weight is 529 g/mol. The van der Waals surface area contributed by atoms with Crippen LogP contribution in [0.1, 0.15) is 32.9 Å². The minimum Gasteiger partial charge on any atom is -0.387 e. The second-order valence-corrected chi connectivity index (χ2v) is 10.0. The molecule has 6 atom stereocenters. The molecule has 0 aliphatic carbocycles. The number of ether oxygens (including phenoxy) is 1. The summed E-state index contributed by atoms with van der Waals surface area (Å²) in [6.07, 6.45) is -3.32. The number of amides is 2. The highest BCUT2D eigenvalue weighted by Crippen LogP contribution is 2.45. The van der Waals surface area contributed by atoms with Gasteiger partial charge in [0.05, 0.1) is 19.3 Å². The average Bonchev–Trinajstić information content (AvgIpc) is 3.53. The zero-order valence-corrected chi connectivity index (χ0v) is 20.4. The van der Waals surface area contributed by atoms with Crippen LogP contribution in [0.4, 0.5) is 5.82 Å². The molecule has 6 N–H and O–H groups in total. The Morgan fingerprint density at radius 2 is 2.08 bits per heavy atom. The number of aromatic amines is 1. The molecule has 0 spiro atoms. The number of anilines is 1. The van der Waals surface area contributed by atoms with Gasteiger partial charge < -0.3 is 30.6 Å². The van der Waals surface area contributed by atoms with Gasteiger partial charge in [-0.1, -0.05) is 0 Å². The summed E-state index contributed by atoms with van der Waals surface area (Å²) in [4.78, 5) is 47.0. The molecule has 36 heavy (non-hydrogen) atoms. The number of aromatic nitrogens is 4. The lowest BCUT2D eigenvalue weighted by Gasteiger charge is -2.22. The third kappa shape index (κ3) is 5.34. The predicted molar refractivity (Wildman–Crippen MR) is 123 cm³/mol. The maximum atomic E-state index is 13.1. The Balaban J connectivity index is 1.51. The molecule has 4 rings (SSSR count). The van der Waals surface area contributed by atoms with Crippen LogP contribution in [0, 0.1) is 0 Å². The van der Waals surface area contributed by atoms with E-state index in [1.165, 1.54) is 6.92 Å². The SMILES string of the molecule is CCOP(=O)(NC(=O)[C@@H]1CCCN1)OC[C@H]1O[C@@H](n2c(=O)[nH]c3c(NC(C)=O)ncnc32)[C@H](O)[C@@H]1O. The van der Waals surface area contributed by atoms with E-state index < -0.39 is 62.4 Å². The first kappa shape index (κ1) is 26.3. The molecule has 17 heteroatoms. The molecule has 2 saturated heterocycles. The van der Waals surface area contributed by atoms with Crippen molar-refractivity contribution in [2.24, 2.45) is 0 Å². The minimum atomic E-state index is -4.12. The van der Waals surface area contributed by atoms with Gasteiger partial charge in [-0.05, 0) is 26.3 Å². The van der Waals surface area contributed by atoms with Crippen LogP contribution in [0.25, 0.3) is 11.2 Å². The standard InChI is InChI=1S/C19H28N7O9P/c1-3-33-36(32,25-17(30)10-5-4-6-20-10)34-7-11-13(28)14(29)18(35-11)26-16-12(24-19(26)31)15(21-8-22-16)23-9(2)27/h8,10-11,13-14,18,20,28-29H,3-7H2,1-2H3,(H,24,31)(H,25,30,32)(H,21,22,23,27)/t10-,11+,13+,14+,18+,36?/m0/s1. The summed E-state index contributed by atoms with van der Waals surface area (Å²) in [6, 6.07) is -0.528. The lowest BCUT2D eigenvalue weighted by Crippen LogP contribution is -2.40. The number of rotatable bonds is 9. The van der Waals surface area contributed by atoms with Crippen molar-refractivity contribution in [2.45, 2.75) is 57.3 Å². The highest BCUT2D eigenvalue weighted by Gasteiger charge is 2.46. The topological polar surface area (TPSA) is 219 Å². The number of carbonyl (C=O) groups is 2. The fourth-order valence-electron chi connectivity index (χ4n) is 4.08. The Bertz CT molecular complexity index is 1230. The summed E-state index contributed by atoms with van der Waals surface area (Å²) < 4.78 is 30.2. The second-order valence-electron chi connectivity index (χ2n) is 8.28. The van der Waals surface area contributed by atoms with Gasteiger partial charge in [-0.2, -0.15) is 0 Å². The summed E-state index contributed by atoms with van der Waals surface area (Å²) in [6.45, 7) is 2.92. The van der Waals surface area contributed by atoms with Crippen LogP contribution in [-0.2, 0) is 27.9 Å². The van der Waals surface area contributed by atoms with Crippen LogP contribution < -0.4 is 21.4 Å². The van der Waals surface area contributed by atoms with Gasteiger partial charge in [0.15, 0.2) is 17.7 Å². The fraction of sp³-hybridized carbons (Fsp3) is 0.632. The van der Waals surface area contributed by atoms with Crippen LogP contribution in [-0.4, -0.2) is 85.7 Å². The number of nitrogens with one attached hydrogen (secondary N) is 4. The Kier molecular flexibility index (Phi) is 7.85. The number of fused-ring (bicyclic) bond motifs is 1. The molecule has 2 fully saturated rings. The van der Waals surface area contributed by atoms with Gasteiger partial charge in [-0.25, -0.2) is 23.9 Å². The molecule has 0 aromatic carbocycles. The number of hydrogen-bond donors (Lipinski definition) is 6. The Morgan fingerprint density at radius 1 is 1.31 bits per heavy atom. The molecule has 16 nitrogen and oxygen atoms in total. The van der Waals surface area contributed by atoms with Gasteiger partial charge in [0.2, 0.25) is 11.8 Å². The monoisotopic (exact) mass is 529 g/mol. The summed E-state index contributed by atoms with van der Waals surface area (Å²) >= 11 is 0. The van der Waals surface area contributed by atoms with Crippen molar-refractivity contribution in [2.75, 3.05) is 25.1 Å². The van der Waals surface area contributed by atoms with Crippen molar-refractivity contribution in [3.05, 3.63) is 16.8 Å². The Morgan fingerprint density at radius 3 is 2.75 bits per heavy atom. The van der Waals surface area contributed by atoms with Gasteiger partial charge in [-0.15, -0.1) is 0 Å². The van der Waals surface area contributed by atoms with Crippen molar-refractivity contribution in [1.82, 2.24) is 29.9 Å². The van der Waals surface area contributed by atoms with Gasteiger partial charge in [0.25, 0.3) is 0 Å². The Labute approximate surface area is 204 Å². The number of aliphatic hydroxyl groups excluding tert-OH is 2. The van der Waals surface area contributed by atoms with Crippen LogP contribution in [0.2, 0.25) is 0 Å². The summed E-state index contributed by atoms with van der Waals surface area (Å²) in [5.74, 6) is -0.931. The van der Waals surface area contributed by atoms with E-state index in [1.807, 2.05) is 0 Å². The second kappa shape index (κ2) is 10.7. The Hall–Kier alpha value is -2.72. The molecule has 2 aliphatic rings. The van der Waals surface area contributed by atoms with E-state index in [0.717, 1.165) is 17.3 Å². The molecule has 2 aromatic rings. The van der Waals surface area contributed by atoms with E-state index in [0.29, 0.717) is 13.0 Å². The molecule has 0 bridgehead atoms. The number of nitrogens with zero attached hydrogens (tertiary/aromatic N) is 3. The molecule has 4 heterocycles. The van der Waals surface area contributed by atoms with E-state index in [4.69, 9.17) is 13.8 Å². The van der Waals surface area contributed by atoms with Gasteiger partial charge in [0, 0.05) is 6.92 Å². The molecule has 2 amide bonds. The molecule has 0 saturated carbocycles. The molecule has 2 aromatic heterocycles. The zero-order valence-electron chi connectivity index (χ0n) is 19.5. The first-order valence-electron chi connectivity index (χ1n) is 11.3. The largest absolute Gasteiger partial charge is 0.435 e. The fourth-order valence-corrected chi connectivity index (χ4v) is 5.39. The third-order valence-electron chi connectivity index (χ3n) is 5.72. The van der Waals surface area contributed by atoms with E-state index in [9.17, 15) is 29.2 Å². The minimum absolute atomic E-state index is 0.00730. The van der Waals surface area contributed by atoms with Gasteiger partial charge in [-0.3, -0.25) is 23.7 Å². The molecule has 0 radical (unpaired) electrons. The van der Waals surface area contributed by atoms with Crippen molar-refractivity contribution in [1.29, 1.82) is 0 Å². The number of aliphatic hydroxyl groups is 2. The van der Waals surface area contributed by atoms with E-state index >= 15 is 0 Å². The van der Waals surface area contributed by atoms with E-state index in [-0.39, 0.29) is 23.6 Å². The van der Waals surface area contributed by atoms with Crippen molar-refractivity contribution < 1.29 is 38.2 Å². The maximum Gasteiger partial charge on any atom is 0.435 e. The highest BCUT2D eigenvalue weighted by molar-refractivity contribution is 7.52. The van der Waals surface area contributed by atoms with Crippen LogP contribution >= 0.6 is 7.75 Å². The van der Waals surface area contributed by atoms with Crippen LogP contribution in [0.3, 0.4) is 0 Å². The number of imidazole rings is 1. The lowest BCUT2D eigenvalue weighted by molar-refractivity contribution is -0.121. The van der Waals surface area contributed by atoms with E-state index in [1.54, 1.807) is 6.92 Å². The summed E-state index contributed by atoms with van der Waals surface area (Å²) in [5.41, 5.74) is -0.647. The van der Waals surface area contributed by atoms with Crippen molar-refractivity contribution in [3.63, 3.8) is 0 Å². The zero-order chi connectivity index (χ0) is 26.0. The number of hydrogen-bond acceptors (Lipinski definition) is 12. The first-order chi connectivity index (χ1) is 17.1. The number of carbonyl (C=O) groups excluding carboxylic acids is 2. The number of H-pyrrole nitrogens is 1. The molecule has 2 aliphatic heterocycles. The van der Waals surface area contributed by atoms with Crippen LogP contribution in [0.15, 0.2) is 11.1 Å². The molecular formula is C19H28N7O9P. The van der Waals surface area contributed by atoms with Crippen molar-refractivity contribution in [3.8, 4) is 0 Å². The van der Waals surface area contributed by atoms with Crippen LogP contribution in [0.5, 0.6) is 0 Å².